The van der Waals surface area contributed by atoms with Crippen LogP contribution in [0.25, 0.3) is 0 Å². The van der Waals surface area contributed by atoms with Crippen molar-refractivity contribution in [2.75, 3.05) is 41.0 Å². The number of rotatable bonds is 7. The monoisotopic (exact) mass is 205 g/mol. The van der Waals surface area contributed by atoms with Crippen LogP contribution in [-0.4, -0.2) is 63.0 Å². The van der Waals surface area contributed by atoms with E-state index in [9.17, 15) is 9.90 Å². The molecule has 1 atom stereocenters. The van der Waals surface area contributed by atoms with Crippen LogP contribution in [0.1, 0.15) is 6.42 Å². The van der Waals surface area contributed by atoms with Crippen molar-refractivity contribution < 1.29 is 19.4 Å². The zero-order chi connectivity index (χ0) is 11.0. The molecule has 0 spiro atoms. The molecule has 0 heterocycles. The fourth-order valence-electron chi connectivity index (χ4n) is 1.08. The number of ether oxygens (including phenoxy) is 2. The third-order valence-corrected chi connectivity index (χ3v) is 1.81. The fraction of sp³-hybridized carbons (Fsp3) is 0.889. The molecule has 0 saturated heterocycles. The number of hydrogen-bond donors (Lipinski definition) is 1. The summed E-state index contributed by atoms with van der Waals surface area (Å²) in [6.45, 7) is 1.38. The van der Waals surface area contributed by atoms with Gasteiger partial charge in [0, 0.05) is 20.2 Å². The second-order valence-electron chi connectivity index (χ2n) is 3.20. The molecular weight excluding hydrogens is 186 g/mol. The van der Waals surface area contributed by atoms with E-state index in [1.165, 1.54) is 14.2 Å². The Morgan fingerprint density at radius 2 is 2.14 bits per heavy atom. The quantitative estimate of drug-likeness (QED) is 0.567. The molecule has 14 heavy (non-hydrogen) atoms. The van der Waals surface area contributed by atoms with Gasteiger partial charge in [0.15, 0.2) is 0 Å². The first kappa shape index (κ1) is 13.4. The van der Waals surface area contributed by atoms with Gasteiger partial charge in [0.25, 0.3) is 0 Å². The Kier molecular flexibility index (Phi) is 7.37. The number of nitrogens with zero attached hydrogens (tertiary/aromatic N) is 1. The predicted octanol–water partition coefficient (Wildman–Crippen LogP) is -0.511. The van der Waals surface area contributed by atoms with Crippen molar-refractivity contribution in [2.45, 2.75) is 12.5 Å². The van der Waals surface area contributed by atoms with Gasteiger partial charge in [0.05, 0.1) is 26.2 Å². The first-order valence-electron chi connectivity index (χ1n) is 4.52. The van der Waals surface area contributed by atoms with E-state index in [0.29, 0.717) is 26.1 Å². The number of carbonyl (C=O) groups is 1. The van der Waals surface area contributed by atoms with Gasteiger partial charge in [-0.15, -0.1) is 0 Å². The molecule has 5 nitrogen and oxygen atoms in total. The van der Waals surface area contributed by atoms with Crippen molar-refractivity contribution in [1.29, 1.82) is 0 Å². The Morgan fingerprint density at radius 1 is 1.50 bits per heavy atom. The standard InChI is InChI=1S/C9H19NO4/c1-10(5-4-9(12)14-3)6-8(11)7-13-2/h8,11H,4-7H2,1-3H3. The molecule has 0 aromatic rings. The van der Waals surface area contributed by atoms with E-state index in [1.54, 1.807) is 0 Å². The van der Waals surface area contributed by atoms with E-state index in [-0.39, 0.29) is 5.97 Å². The van der Waals surface area contributed by atoms with E-state index in [4.69, 9.17) is 4.74 Å². The highest BCUT2D eigenvalue weighted by atomic mass is 16.5. The second kappa shape index (κ2) is 7.73. The van der Waals surface area contributed by atoms with Gasteiger partial charge in [0.1, 0.15) is 0 Å². The first-order valence-corrected chi connectivity index (χ1v) is 4.52. The topological polar surface area (TPSA) is 59.0 Å². The third-order valence-electron chi connectivity index (χ3n) is 1.81. The van der Waals surface area contributed by atoms with Crippen molar-refractivity contribution in [3.05, 3.63) is 0 Å². The number of carbonyl (C=O) groups excluding carboxylic acids is 1. The summed E-state index contributed by atoms with van der Waals surface area (Å²) in [5, 5.41) is 9.36. The van der Waals surface area contributed by atoms with Crippen LogP contribution in [0.2, 0.25) is 0 Å². The predicted molar refractivity (Wildman–Crippen MR) is 52.0 cm³/mol. The normalized spacial score (nSPS) is 12.9. The molecule has 0 aliphatic heterocycles. The Labute approximate surface area is 84.6 Å². The molecule has 0 radical (unpaired) electrons. The summed E-state index contributed by atoms with van der Waals surface area (Å²) in [5.41, 5.74) is 0. The smallest absolute Gasteiger partial charge is 0.306 e. The summed E-state index contributed by atoms with van der Waals surface area (Å²) in [6.07, 6.45) is -0.171. The van der Waals surface area contributed by atoms with Crippen molar-refractivity contribution in [3.8, 4) is 0 Å². The van der Waals surface area contributed by atoms with E-state index < -0.39 is 6.10 Å². The average molecular weight is 205 g/mol. The molecule has 0 aromatic heterocycles. The maximum Gasteiger partial charge on any atom is 0.306 e. The summed E-state index contributed by atoms with van der Waals surface area (Å²) in [4.78, 5) is 12.7. The van der Waals surface area contributed by atoms with Gasteiger partial charge < -0.3 is 19.5 Å². The molecule has 84 valence electrons. The number of hydrogen-bond acceptors (Lipinski definition) is 5. The van der Waals surface area contributed by atoms with Crippen molar-refractivity contribution in [1.82, 2.24) is 4.90 Å². The molecule has 0 bridgehead atoms. The number of esters is 1. The molecule has 0 saturated carbocycles. The lowest BCUT2D eigenvalue weighted by molar-refractivity contribution is -0.141. The Bertz CT molecular complexity index is 163. The molecule has 0 fully saturated rings. The molecule has 0 amide bonds. The molecule has 0 aliphatic carbocycles. The highest BCUT2D eigenvalue weighted by molar-refractivity contribution is 5.69. The molecule has 5 heteroatoms. The highest BCUT2D eigenvalue weighted by Gasteiger charge is 2.09. The van der Waals surface area contributed by atoms with Crippen LogP contribution in [0, 0.1) is 0 Å². The molecule has 1 N–H and O–H groups in total. The average Bonchev–Trinajstić information content (AvgIpc) is 2.14. The van der Waals surface area contributed by atoms with E-state index in [0.717, 1.165) is 0 Å². The minimum atomic E-state index is -0.511. The van der Waals surface area contributed by atoms with Crippen LogP contribution >= 0.6 is 0 Å². The summed E-state index contributed by atoms with van der Waals surface area (Å²) in [6, 6.07) is 0. The van der Waals surface area contributed by atoms with Gasteiger partial charge in [-0.05, 0) is 7.05 Å². The van der Waals surface area contributed by atoms with Crippen LogP contribution in [-0.2, 0) is 14.3 Å². The maximum atomic E-state index is 10.8. The van der Waals surface area contributed by atoms with E-state index in [1.807, 2.05) is 11.9 Å². The van der Waals surface area contributed by atoms with Crippen LogP contribution in [0.5, 0.6) is 0 Å². The zero-order valence-electron chi connectivity index (χ0n) is 9.02. The van der Waals surface area contributed by atoms with Gasteiger partial charge in [-0.25, -0.2) is 0 Å². The maximum absolute atomic E-state index is 10.8. The first-order chi connectivity index (χ1) is 6.60. The third kappa shape index (κ3) is 6.82. The van der Waals surface area contributed by atoms with Crippen molar-refractivity contribution >= 4 is 5.97 Å². The zero-order valence-corrected chi connectivity index (χ0v) is 9.02. The lowest BCUT2D eigenvalue weighted by Crippen LogP contribution is -2.33. The van der Waals surface area contributed by atoms with Crippen LogP contribution in [0.15, 0.2) is 0 Å². The largest absolute Gasteiger partial charge is 0.469 e. The molecular formula is C9H19NO4. The summed E-state index contributed by atoms with van der Waals surface area (Å²) < 4.78 is 9.28. The highest BCUT2D eigenvalue weighted by Crippen LogP contribution is 1.93. The molecule has 0 aromatic carbocycles. The molecule has 0 aliphatic rings. The van der Waals surface area contributed by atoms with Crippen LogP contribution in [0.4, 0.5) is 0 Å². The minimum absolute atomic E-state index is 0.238. The number of aliphatic hydroxyl groups is 1. The Hall–Kier alpha value is -0.650. The number of likely N-dealkylation sites (N-methyl/N-ethyl adjacent to an activating group) is 1. The summed E-state index contributed by atoms with van der Waals surface area (Å²) in [7, 11) is 4.74. The van der Waals surface area contributed by atoms with Crippen molar-refractivity contribution in [2.24, 2.45) is 0 Å². The number of methoxy groups -OCH3 is 2. The summed E-state index contributed by atoms with van der Waals surface area (Å²) >= 11 is 0. The number of aliphatic hydroxyl groups excluding tert-OH is 1. The van der Waals surface area contributed by atoms with Gasteiger partial charge in [-0.1, -0.05) is 0 Å². The van der Waals surface area contributed by atoms with Crippen LogP contribution in [0.3, 0.4) is 0 Å². The Balaban J connectivity index is 3.54. The lowest BCUT2D eigenvalue weighted by Gasteiger charge is -2.19. The summed E-state index contributed by atoms with van der Waals surface area (Å²) in [5.74, 6) is -0.238. The minimum Gasteiger partial charge on any atom is -0.469 e. The van der Waals surface area contributed by atoms with Gasteiger partial charge in [0.2, 0.25) is 0 Å². The van der Waals surface area contributed by atoms with E-state index in [2.05, 4.69) is 4.74 Å². The van der Waals surface area contributed by atoms with Gasteiger partial charge in [-0.2, -0.15) is 0 Å². The molecule has 0 rings (SSSR count). The van der Waals surface area contributed by atoms with Gasteiger partial charge >= 0.3 is 5.97 Å². The van der Waals surface area contributed by atoms with Crippen LogP contribution < -0.4 is 0 Å². The van der Waals surface area contributed by atoms with E-state index >= 15 is 0 Å². The molecule has 1 unspecified atom stereocenters. The lowest BCUT2D eigenvalue weighted by atomic mass is 10.3. The SMILES string of the molecule is COCC(O)CN(C)CCC(=O)OC. The fourth-order valence-corrected chi connectivity index (χ4v) is 1.08. The Morgan fingerprint density at radius 3 is 2.64 bits per heavy atom. The van der Waals surface area contributed by atoms with Crippen molar-refractivity contribution in [3.63, 3.8) is 0 Å². The second-order valence-corrected chi connectivity index (χ2v) is 3.20. The van der Waals surface area contributed by atoms with Gasteiger partial charge in [-0.3, -0.25) is 4.79 Å².